The second-order valence-corrected chi connectivity index (χ2v) is 6.94. The van der Waals surface area contributed by atoms with Crippen molar-refractivity contribution in [1.29, 1.82) is 0 Å². The number of aliphatic imine (C=N–C) groups is 1. The molecule has 3 rings (SSSR count). The molecule has 5 nitrogen and oxygen atoms in total. The lowest BCUT2D eigenvalue weighted by Crippen LogP contribution is -1.88. The van der Waals surface area contributed by atoms with E-state index in [0.29, 0.717) is 22.6 Å². The summed E-state index contributed by atoms with van der Waals surface area (Å²) in [6.07, 6.45) is 5.37. The normalized spacial score (nSPS) is 11.3. The molecule has 0 radical (unpaired) electrons. The number of rotatable bonds is 6. The van der Waals surface area contributed by atoms with Crippen LogP contribution < -0.4 is 9.47 Å². The maximum Gasteiger partial charge on any atom is 0.128 e. The fourth-order valence-electron chi connectivity index (χ4n) is 2.94. The van der Waals surface area contributed by atoms with E-state index in [0.717, 1.165) is 22.4 Å². The molecule has 0 aliphatic carbocycles. The molecule has 2 N–H and O–H groups in total. The SMILES string of the molecule is COc1ccc(/C=C/c2cc(C)c(C)cc2/N=C/c2ccc(OC)cc2O)c(O)c1. The van der Waals surface area contributed by atoms with E-state index >= 15 is 0 Å². The molecular weight excluding hydrogens is 378 g/mol. The Morgan fingerprint density at radius 2 is 1.23 bits per heavy atom. The van der Waals surface area contributed by atoms with E-state index < -0.39 is 0 Å². The summed E-state index contributed by atoms with van der Waals surface area (Å²) < 4.78 is 10.2. The predicted molar refractivity (Wildman–Crippen MR) is 121 cm³/mol. The average molecular weight is 403 g/mol. The number of aromatic hydroxyl groups is 2. The van der Waals surface area contributed by atoms with Crippen LogP contribution in [0.5, 0.6) is 23.0 Å². The van der Waals surface area contributed by atoms with Gasteiger partial charge >= 0.3 is 0 Å². The highest BCUT2D eigenvalue weighted by atomic mass is 16.5. The summed E-state index contributed by atoms with van der Waals surface area (Å²) in [7, 11) is 3.11. The molecule has 0 unspecified atom stereocenters. The molecule has 154 valence electrons. The van der Waals surface area contributed by atoms with Gasteiger partial charge in [0.05, 0.1) is 19.9 Å². The number of aryl methyl sites for hydroxylation is 2. The van der Waals surface area contributed by atoms with Crippen molar-refractivity contribution in [1.82, 2.24) is 0 Å². The van der Waals surface area contributed by atoms with Crippen molar-refractivity contribution in [3.8, 4) is 23.0 Å². The molecule has 0 aliphatic rings. The smallest absolute Gasteiger partial charge is 0.128 e. The zero-order chi connectivity index (χ0) is 21.7. The van der Waals surface area contributed by atoms with Crippen LogP contribution in [0, 0.1) is 13.8 Å². The van der Waals surface area contributed by atoms with Gasteiger partial charge in [-0.25, -0.2) is 0 Å². The summed E-state index contributed by atoms with van der Waals surface area (Å²) in [6, 6.07) is 14.3. The Kier molecular flexibility index (Phi) is 6.42. The van der Waals surface area contributed by atoms with Gasteiger partial charge in [0.2, 0.25) is 0 Å². The Morgan fingerprint density at radius 1 is 0.700 bits per heavy atom. The lowest BCUT2D eigenvalue weighted by atomic mass is 10.0. The Hall–Kier alpha value is -3.73. The van der Waals surface area contributed by atoms with E-state index in [1.807, 2.05) is 38.1 Å². The van der Waals surface area contributed by atoms with E-state index in [2.05, 4.69) is 4.99 Å². The highest BCUT2D eigenvalue weighted by Crippen LogP contribution is 2.29. The lowest BCUT2D eigenvalue weighted by molar-refractivity contribution is 0.407. The number of nitrogens with zero attached hydrogens (tertiary/aromatic N) is 1. The fraction of sp³-hybridized carbons (Fsp3) is 0.160. The second-order valence-electron chi connectivity index (χ2n) is 6.94. The first-order valence-electron chi connectivity index (χ1n) is 9.48. The van der Waals surface area contributed by atoms with Gasteiger partial charge in [-0.05, 0) is 61.4 Å². The van der Waals surface area contributed by atoms with Crippen LogP contribution in [0.25, 0.3) is 12.2 Å². The van der Waals surface area contributed by atoms with Crippen molar-refractivity contribution in [2.45, 2.75) is 13.8 Å². The Bertz CT molecular complexity index is 1030. The van der Waals surface area contributed by atoms with Crippen LogP contribution in [-0.4, -0.2) is 30.6 Å². The Morgan fingerprint density at radius 3 is 1.80 bits per heavy atom. The number of benzene rings is 3. The molecule has 0 amide bonds. The van der Waals surface area contributed by atoms with Gasteiger partial charge in [-0.1, -0.05) is 12.2 Å². The molecule has 0 heterocycles. The summed E-state index contributed by atoms with van der Waals surface area (Å²) in [5.41, 5.74) is 5.19. The molecule has 3 aromatic carbocycles. The van der Waals surface area contributed by atoms with Crippen molar-refractivity contribution in [2.24, 2.45) is 4.99 Å². The van der Waals surface area contributed by atoms with Crippen LogP contribution in [0.4, 0.5) is 5.69 Å². The van der Waals surface area contributed by atoms with E-state index in [9.17, 15) is 10.2 Å². The first-order valence-corrected chi connectivity index (χ1v) is 9.48. The molecule has 0 bridgehead atoms. The van der Waals surface area contributed by atoms with Crippen molar-refractivity contribution in [3.63, 3.8) is 0 Å². The van der Waals surface area contributed by atoms with Crippen molar-refractivity contribution < 1.29 is 19.7 Å². The van der Waals surface area contributed by atoms with Crippen LogP contribution in [0.15, 0.2) is 53.5 Å². The van der Waals surface area contributed by atoms with E-state index in [4.69, 9.17) is 9.47 Å². The van der Waals surface area contributed by atoms with Gasteiger partial charge in [0, 0.05) is 35.0 Å². The van der Waals surface area contributed by atoms with E-state index in [1.54, 1.807) is 56.8 Å². The standard InChI is InChI=1S/C25H25NO4/c1-16-11-19(6-5-18-7-9-21(29-3)13-24(18)27)23(12-17(16)2)26-15-20-8-10-22(30-4)14-25(20)28/h5-15,27-28H,1-4H3/b6-5+,26-15+. The van der Waals surface area contributed by atoms with Gasteiger partial charge < -0.3 is 19.7 Å². The van der Waals surface area contributed by atoms with Crippen LogP contribution in [0.2, 0.25) is 0 Å². The summed E-state index contributed by atoms with van der Waals surface area (Å²) in [4.78, 5) is 4.60. The Labute approximate surface area is 176 Å². The summed E-state index contributed by atoms with van der Waals surface area (Å²) >= 11 is 0. The molecule has 0 fully saturated rings. The number of hydrogen-bond acceptors (Lipinski definition) is 5. The zero-order valence-electron chi connectivity index (χ0n) is 17.5. The molecule has 0 atom stereocenters. The van der Waals surface area contributed by atoms with Crippen LogP contribution in [-0.2, 0) is 0 Å². The quantitative estimate of drug-likeness (QED) is 0.412. The third kappa shape index (κ3) is 4.81. The minimum Gasteiger partial charge on any atom is -0.507 e. The third-order valence-corrected chi connectivity index (χ3v) is 4.90. The zero-order valence-corrected chi connectivity index (χ0v) is 17.5. The summed E-state index contributed by atoms with van der Waals surface area (Å²) in [5.74, 6) is 1.42. The van der Waals surface area contributed by atoms with Gasteiger partial charge in [-0.2, -0.15) is 0 Å². The highest BCUT2D eigenvalue weighted by molar-refractivity contribution is 5.87. The Balaban J connectivity index is 1.95. The average Bonchev–Trinajstić information content (AvgIpc) is 2.74. The monoisotopic (exact) mass is 403 g/mol. The number of phenolic OH excluding ortho intramolecular Hbond substituents is 2. The predicted octanol–water partition coefficient (Wildman–Crippen LogP) is 5.65. The molecule has 0 aliphatic heterocycles. The van der Waals surface area contributed by atoms with Crippen LogP contribution in [0.3, 0.4) is 0 Å². The second kappa shape index (κ2) is 9.18. The molecular formula is C25H25NO4. The summed E-state index contributed by atoms with van der Waals surface area (Å²) in [6.45, 7) is 4.07. The molecule has 0 saturated carbocycles. The van der Waals surface area contributed by atoms with Crippen LogP contribution >= 0.6 is 0 Å². The van der Waals surface area contributed by atoms with Gasteiger partial charge in [-0.15, -0.1) is 0 Å². The topological polar surface area (TPSA) is 71.3 Å². The maximum atomic E-state index is 10.2. The minimum atomic E-state index is 0.0992. The lowest BCUT2D eigenvalue weighted by Gasteiger charge is -2.08. The molecule has 30 heavy (non-hydrogen) atoms. The van der Waals surface area contributed by atoms with Gasteiger partial charge in [0.15, 0.2) is 0 Å². The molecule has 0 aromatic heterocycles. The first-order chi connectivity index (χ1) is 14.4. The largest absolute Gasteiger partial charge is 0.507 e. The van der Waals surface area contributed by atoms with Gasteiger partial charge in [-0.3, -0.25) is 4.99 Å². The molecule has 0 spiro atoms. The number of methoxy groups -OCH3 is 2. The number of phenols is 2. The maximum absolute atomic E-state index is 10.2. The minimum absolute atomic E-state index is 0.0992. The van der Waals surface area contributed by atoms with Crippen molar-refractivity contribution >= 4 is 24.1 Å². The highest BCUT2D eigenvalue weighted by Gasteiger charge is 2.05. The summed E-state index contributed by atoms with van der Waals surface area (Å²) in [5, 5.41) is 20.4. The third-order valence-electron chi connectivity index (χ3n) is 4.90. The molecule has 0 saturated heterocycles. The fourth-order valence-corrected chi connectivity index (χ4v) is 2.94. The van der Waals surface area contributed by atoms with Crippen LogP contribution in [0.1, 0.15) is 27.8 Å². The number of ether oxygens (including phenoxy) is 2. The first kappa shape index (κ1) is 21.0. The van der Waals surface area contributed by atoms with E-state index in [-0.39, 0.29) is 11.5 Å². The van der Waals surface area contributed by atoms with Crippen molar-refractivity contribution in [3.05, 3.63) is 76.3 Å². The molecule has 3 aromatic rings. The number of hydrogen-bond donors (Lipinski definition) is 2. The van der Waals surface area contributed by atoms with E-state index in [1.165, 1.54) is 0 Å². The van der Waals surface area contributed by atoms with Gasteiger partial charge in [0.1, 0.15) is 23.0 Å². The van der Waals surface area contributed by atoms with Gasteiger partial charge in [0.25, 0.3) is 0 Å². The van der Waals surface area contributed by atoms with Crippen molar-refractivity contribution in [2.75, 3.05) is 14.2 Å². The molecule has 5 heteroatoms.